The molecular weight excluding hydrogens is 292 g/mol. The van der Waals surface area contributed by atoms with Crippen molar-refractivity contribution in [2.24, 2.45) is 5.92 Å². The minimum atomic E-state index is 0.721. The Labute approximate surface area is 137 Å². The Kier molecular flexibility index (Phi) is 4.51. The van der Waals surface area contributed by atoms with E-state index in [-0.39, 0.29) is 0 Å². The molecule has 0 saturated heterocycles. The fraction of sp³-hybridized carbons (Fsp3) is 0.421. The van der Waals surface area contributed by atoms with Gasteiger partial charge in [0.15, 0.2) is 0 Å². The molecule has 0 bridgehead atoms. The third-order valence-corrected chi connectivity index (χ3v) is 5.06. The molecule has 2 aromatic rings. The summed E-state index contributed by atoms with van der Waals surface area (Å²) in [7, 11) is 4.27. The molecule has 0 N–H and O–H groups in total. The van der Waals surface area contributed by atoms with Crippen molar-refractivity contribution in [2.45, 2.75) is 25.7 Å². The van der Waals surface area contributed by atoms with Gasteiger partial charge in [0.2, 0.25) is 0 Å². The van der Waals surface area contributed by atoms with Crippen molar-refractivity contribution in [1.29, 1.82) is 0 Å². The molecule has 22 heavy (non-hydrogen) atoms. The molecule has 1 unspecified atom stereocenters. The van der Waals surface area contributed by atoms with E-state index in [4.69, 9.17) is 16.6 Å². The van der Waals surface area contributed by atoms with E-state index < -0.39 is 0 Å². The van der Waals surface area contributed by atoms with Gasteiger partial charge in [-0.05, 0) is 69.4 Å². The first-order valence-electron chi connectivity index (χ1n) is 7.96. The summed E-state index contributed by atoms with van der Waals surface area (Å²) >= 11 is 6.66. The number of hydrogen-bond acceptors (Lipinski definition) is 2. The number of rotatable bonds is 4. The van der Waals surface area contributed by atoms with Crippen molar-refractivity contribution < 1.29 is 0 Å². The van der Waals surface area contributed by atoms with Gasteiger partial charge in [-0.25, -0.2) is 0 Å². The lowest BCUT2D eigenvalue weighted by molar-refractivity contribution is 0.329. The molecule has 0 saturated carbocycles. The lowest BCUT2D eigenvalue weighted by Crippen LogP contribution is -2.22. The summed E-state index contributed by atoms with van der Waals surface area (Å²) in [5.41, 5.74) is 4.56. The van der Waals surface area contributed by atoms with Crippen LogP contribution in [0.15, 0.2) is 24.8 Å². The average molecular weight is 315 g/mol. The van der Waals surface area contributed by atoms with Crippen LogP contribution in [0.1, 0.15) is 29.7 Å². The Morgan fingerprint density at radius 1 is 1.41 bits per heavy atom. The van der Waals surface area contributed by atoms with Crippen LogP contribution < -0.4 is 0 Å². The Morgan fingerprint density at radius 3 is 2.95 bits per heavy atom. The van der Waals surface area contributed by atoms with Crippen molar-refractivity contribution in [3.8, 4) is 0 Å². The topological polar surface area (TPSA) is 16.1 Å². The predicted octanol–water partition coefficient (Wildman–Crippen LogP) is 4.59. The Balaban J connectivity index is 1.94. The first-order valence-corrected chi connectivity index (χ1v) is 8.34. The van der Waals surface area contributed by atoms with Crippen LogP contribution in [0.3, 0.4) is 0 Å². The van der Waals surface area contributed by atoms with Crippen LogP contribution in [0.5, 0.6) is 0 Å². The fourth-order valence-corrected chi connectivity index (χ4v) is 3.65. The van der Waals surface area contributed by atoms with Crippen LogP contribution in [0, 0.1) is 5.92 Å². The van der Waals surface area contributed by atoms with Crippen molar-refractivity contribution in [1.82, 2.24) is 9.88 Å². The summed E-state index contributed by atoms with van der Waals surface area (Å²) in [5.74, 6) is 0.721. The lowest BCUT2D eigenvalue weighted by Gasteiger charge is -2.26. The Bertz CT molecular complexity index is 706. The molecule has 3 heteroatoms. The van der Waals surface area contributed by atoms with Gasteiger partial charge < -0.3 is 4.90 Å². The molecule has 1 aliphatic carbocycles. The Morgan fingerprint density at radius 2 is 2.23 bits per heavy atom. The van der Waals surface area contributed by atoms with Crippen LogP contribution in [-0.2, 0) is 12.8 Å². The zero-order chi connectivity index (χ0) is 15.7. The molecular formula is C19H23ClN2. The SMILES string of the molecule is C=Cc1ccc2c(Cl)c3c(nc2c1)CC(CCN(C)C)CC3. The maximum Gasteiger partial charge on any atom is 0.0726 e. The van der Waals surface area contributed by atoms with Gasteiger partial charge in [-0.1, -0.05) is 36.4 Å². The van der Waals surface area contributed by atoms with E-state index in [2.05, 4.69) is 43.8 Å². The summed E-state index contributed by atoms with van der Waals surface area (Å²) < 4.78 is 0. The second-order valence-electron chi connectivity index (χ2n) is 6.53. The van der Waals surface area contributed by atoms with Gasteiger partial charge in [0, 0.05) is 11.1 Å². The van der Waals surface area contributed by atoms with E-state index in [1.54, 1.807) is 0 Å². The first-order chi connectivity index (χ1) is 10.6. The molecule has 1 heterocycles. The van der Waals surface area contributed by atoms with E-state index in [1.165, 1.54) is 24.1 Å². The van der Waals surface area contributed by atoms with Crippen LogP contribution >= 0.6 is 11.6 Å². The summed E-state index contributed by atoms with van der Waals surface area (Å²) in [6, 6.07) is 6.20. The third-order valence-electron chi connectivity index (χ3n) is 4.63. The van der Waals surface area contributed by atoms with Gasteiger partial charge in [0.05, 0.1) is 10.5 Å². The number of pyridine rings is 1. The van der Waals surface area contributed by atoms with Crippen molar-refractivity contribution in [3.05, 3.63) is 46.6 Å². The van der Waals surface area contributed by atoms with E-state index >= 15 is 0 Å². The molecule has 3 rings (SSSR count). The predicted molar refractivity (Wildman–Crippen MR) is 95.5 cm³/mol. The van der Waals surface area contributed by atoms with Gasteiger partial charge in [-0.15, -0.1) is 0 Å². The molecule has 0 radical (unpaired) electrons. The van der Waals surface area contributed by atoms with Crippen molar-refractivity contribution in [3.63, 3.8) is 0 Å². The van der Waals surface area contributed by atoms with E-state index in [1.807, 2.05) is 6.08 Å². The lowest BCUT2D eigenvalue weighted by atomic mass is 9.84. The van der Waals surface area contributed by atoms with Crippen molar-refractivity contribution in [2.75, 3.05) is 20.6 Å². The number of fused-ring (bicyclic) bond motifs is 2. The monoisotopic (exact) mass is 314 g/mol. The molecule has 1 aromatic heterocycles. The normalized spacial score (nSPS) is 17.7. The van der Waals surface area contributed by atoms with Crippen LogP contribution in [-0.4, -0.2) is 30.5 Å². The molecule has 2 nitrogen and oxygen atoms in total. The summed E-state index contributed by atoms with van der Waals surface area (Å²) in [6.07, 6.45) is 6.42. The van der Waals surface area contributed by atoms with Crippen LogP contribution in [0.25, 0.3) is 17.0 Å². The van der Waals surface area contributed by atoms with Crippen LogP contribution in [0.2, 0.25) is 5.02 Å². The smallest absolute Gasteiger partial charge is 0.0726 e. The zero-order valence-electron chi connectivity index (χ0n) is 13.4. The maximum atomic E-state index is 6.66. The molecule has 1 aromatic carbocycles. The highest BCUT2D eigenvalue weighted by atomic mass is 35.5. The number of halogens is 1. The van der Waals surface area contributed by atoms with Gasteiger partial charge in [-0.3, -0.25) is 4.98 Å². The molecule has 0 aliphatic heterocycles. The first kappa shape index (κ1) is 15.5. The highest BCUT2D eigenvalue weighted by molar-refractivity contribution is 6.36. The molecule has 116 valence electrons. The zero-order valence-corrected chi connectivity index (χ0v) is 14.2. The molecule has 0 fully saturated rings. The largest absolute Gasteiger partial charge is 0.309 e. The van der Waals surface area contributed by atoms with E-state index in [0.717, 1.165) is 46.8 Å². The number of nitrogens with zero attached hydrogens (tertiary/aromatic N) is 2. The average Bonchev–Trinajstić information content (AvgIpc) is 2.52. The molecule has 0 spiro atoms. The quantitative estimate of drug-likeness (QED) is 0.820. The van der Waals surface area contributed by atoms with Crippen molar-refractivity contribution >= 4 is 28.6 Å². The van der Waals surface area contributed by atoms with E-state index in [9.17, 15) is 0 Å². The maximum absolute atomic E-state index is 6.66. The Hall–Kier alpha value is -1.38. The highest BCUT2D eigenvalue weighted by Crippen LogP contribution is 2.35. The highest BCUT2D eigenvalue weighted by Gasteiger charge is 2.23. The van der Waals surface area contributed by atoms with E-state index in [0.29, 0.717) is 0 Å². The minimum Gasteiger partial charge on any atom is -0.309 e. The summed E-state index contributed by atoms with van der Waals surface area (Å²) in [4.78, 5) is 7.17. The summed E-state index contributed by atoms with van der Waals surface area (Å²) in [5, 5.41) is 1.97. The second-order valence-corrected chi connectivity index (χ2v) is 6.91. The number of aromatic nitrogens is 1. The standard InChI is InChI=1S/C19H23ClN2/c1-4-13-5-7-15-17(11-13)21-18-12-14(9-10-22(2)3)6-8-16(18)19(15)20/h4-5,7,11,14H,1,6,8-10,12H2,2-3H3. The molecule has 0 amide bonds. The van der Waals surface area contributed by atoms with Gasteiger partial charge >= 0.3 is 0 Å². The third kappa shape index (κ3) is 3.04. The number of hydrogen-bond donors (Lipinski definition) is 0. The van der Waals surface area contributed by atoms with Gasteiger partial charge in [0.1, 0.15) is 0 Å². The fourth-order valence-electron chi connectivity index (χ4n) is 3.29. The number of benzene rings is 1. The molecule has 1 atom stereocenters. The minimum absolute atomic E-state index is 0.721. The molecule has 1 aliphatic rings. The van der Waals surface area contributed by atoms with Gasteiger partial charge in [0.25, 0.3) is 0 Å². The summed E-state index contributed by atoms with van der Waals surface area (Å²) in [6.45, 7) is 4.98. The second kappa shape index (κ2) is 6.39. The van der Waals surface area contributed by atoms with Gasteiger partial charge in [-0.2, -0.15) is 0 Å². The van der Waals surface area contributed by atoms with Crippen LogP contribution in [0.4, 0.5) is 0 Å².